The first-order valence-electron chi connectivity index (χ1n) is 6.28. The van der Waals surface area contributed by atoms with E-state index in [4.69, 9.17) is 4.74 Å². The molecule has 0 saturated heterocycles. The lowest BCUT2D eigenvalue weighted by molar-refractivity contribution is 0.177. The zero-order valence-corrected chi connectivity index (χ0v) is 11.4. The van der Waals surface area contributed by atoms with Crippen LogP contribution in [0.5, 0.6) is 5.75 Å². The van der Waals surface area contributed by atoms with E-state index < -0.39 is 17.7 Å². The number of hydrogen-bond donors (Lipinski definition) is 1. The highest BCUT2D eigenvalue weighted by Gasteiger charge is 2.13. The fraction of sp³-hybridized carbons (Fsp3) is 0.250. The van der Waals surface area contributed by atoms with Crippen molar-refractivity contribution in [2.75, 3.05) is 7.11 Å². The van der Waals surface area contributed by atoms with E-state index in [0.29, 0.717) is 11.3 Å². The standard InChI is InChI=1S/C16H16F2O2/c1-10-7-12(20-2)4-5-13(10)16(19)9-11-3-6-14(17)15(18)8-11/h3-8,16,19H,9H2,1-2H3. The number of aliphatic hydroxyl groups is 1. The van der Waals surface area contributed by atoms with Gasteiger partial charge in [-0.3, -0.25) is 0 Å². The molecule has 0 amide bonds. The first-order valence-corrected chi connectivity index (χ1v) is 6.28. The van der Waals surface area contributed by atoms with E-state index in [9.17, 15) is 13.9 Å². The molecule has 1 N–H and O–H groups in total. The number of benzene rings is 2. The lowest BCUT2D eigenvalue weighted by Crippen LogP contribution is -2.04. The SMILES string of the molecule is COc1ccc(C(O)Cc2ccc(F)c(F)c2)c(C)c1. The summed E-state index contributed by atoms with van der Waals surface area (Å²) in [5.41, 5.74) is 2.18. The average molecular weight is 278 g/mol. The van der Waals surface area contributed by atoms with Gasteiger partial charge in [-0.25, -0.2) is 8.78 Å². The molecule has 2 rings (SSSR count). The normalized spacial score (nSPS) is 12.2. The van der Waals surface area contributed by atoms with Gasteiger partial charge in [-0.1, -0.05) is 12.1 Å². The van der Waals surface area contributed by atoms with Gasteiger partial charge in [0.2, 0.25) is 0 Å². The maximum atomic E-state index is 13.1. The first kappa shape index (κ1) is 14.5. The minimum Gasteiger partial charge on any atom is -0.497 e. The lowest BCUT2D eigenvalue weighted by atomic mass is 9.97. The summed E-state index contributed by atoms with van der Waals surface area (Å²) in [5.74, 6) is -1.07. The summed E-state index contributed by atoms with van der Waals surface area (Å²) in [6.07, 6.45) is -0.546. The van der Waals surface area contributed by atoms with Crippen LogP contribution in [0.25, 0.3) is 0 Å². The van der Waals surface area contributed by atoms with Crippen LogP contribution >= 0.6 is 0 Å². The number of methoxy groups -OCH3 is 1. The van der Waals surface area contributed by atoms with Crippen LogP contribution < -0.4 is 4.74 Å². The number of hydrogen-bond acceptors (Lipinski definition) is 2. The summed E-state index contributed by atoms with van der Waals surface area (Å²) in [6.45, 7) is 1.87. The maximum absolute atomic E-state index is 13.1. The van der Waals surface area contributed by atoms with Crippen LogP contribution in [0.4, 0.5) is 8.78 Å². The highest BCUT2D eigenvalue weighted by Crippen LogP contribution is 2.25. The molecule has 2 aromatic rings. The van der Waals surface area contributed by atoms with Gasteiger partial charge in [-0.05, 0) is 47.9 Å². The Morgan fingerprint density at radius 3 is 2.45 bits per heavy atom. The molecule has 106 valence electrons. The van der Waals surface area contributed by atoms with Gasteiger partial charge < -0.3 is 9.84 Å². The van der Waals surface area contributed by atoms with Crippen molar-refractivity contribution in [3.05, 3.63) is 64.7 Å². The van der Waals surface area contributed by atoms with Crippen molar-refractivity contribution < 1.29 is 18.6 Å². The zero-order chi connectivity index (χ0) is 14.7. The molecule has 1 atom stereocenters. The molecule has 0 fully saturated rings. The molecule has 1 unspecified atom stereocenters. The fourth-order valence-corrected chi connectivity index (χ4v) is 2.15. The lowest BCUT2D eigenvalue weighted by Gasteiger charge is -2.15. The molecule has 0 aliphatic carbocycles. The number of ether oxygens (including phenoxy) is 1. The van der Waals surface area contributed by atoms with E-state index in [1.54, 1.807) is 19.2 Å². The summed E-state index contributed by atoms with van der Waals surface area (Å²) in [7, 11) is 1.58. The molecule has 4 heteroatoms. The summed E-state index contributed by atoms with van der Waals surface area (Å²) in [6, 6.07) is 9.01. The highest BCUT2D eigenvalue weighted by atomic mass is 19.2. The van der Waals surface area contributed by atoms with Gasteiger partial charge in [0.15, 0.2) is 11.6 Å². The molecule has 2 aromatic carbocycles. The fourth-order valence-electron chi connectivity index (χ4n) is 2.15. The molecule has 2 nitrogen and oxygen atoms in total. The monoisotopic (exact) mass is 278 g/mol. The van der Waals surface area contributed by atoms with Gasteiger partial charge in [0.1, 0.15) is 5.75 Å². The van der Waals surface area contributed by atoms with Gasteiger partial charge in [-0.15, -0.1) is 0 Å². The average Bonchev–Trinajstić information content (AvgIpc) is 2.42. The van der Waals surface area contributed by atoms with E-state index in [1.807, 2.05) is 13.0 Å². The molecule has 0 aliphatic heterocycles. The Morgan fingerprint density at radius 1 is 1.10 bits per heavy atom. The smallest absolute Gasteiger partial charge is 0.159 e. The Balaban J connectivity index is 2.19. The Kier molecular flexibility index (Phi) is 4.35. The van der Waals surface area contributed by atoms with E-state index in [-0.39, 0.29) is 6.42 Å². The zero-order valence-electron chi connectivity index (χ0n) is 11.4. The molecular formula is C16H16F2O2. The Labute approximate surface area is 116 Å². The summed E-state index contributed by atoms with van der Waals surface area (Å²) in [5, 5.41) is 10.2. The van der Waals surface area contributed by atoms with Crippen molar-refractivity contribution in [2.45, 2.75) is 19.4 Å². The summed E-state index contributed by atoms with van der Waals surface area (Å²) >= 11 is 0. The van der Waals surface area contributed by atoms with Crippen molar-refractivity contribution in [1.82, 2.24) is 0 Å². The maximum Gasteiger partial charge on any atom is 0.159 e. The molecule has 0 aliphatic rings. The topological polar surface area (TPSA) is 29.5 Å². The molecule has 0 saturated carbocycles. The van der Waals surface area contributed by atoms with Gasteiger partial charge in [0, 0.05) is 6.42 Å². The Morgan fingerprint density at radius 2 is 1.85 bits per heavy atom. The number of rotatable bonds is 4. The van der Waals surface area contributed by atoms with Gasteiger partial charge in [0.05, 0.1) is 13.2 Å². The van der Waals surface area contributed by atoms with Gasteiger partial charge >= 0.3 is 0 Å². The van der Waals surface area contributed by atoms with Gasteiger partial charge in [0.25, 0.3) is 0 Å². The molecule has 20 heavy (non-hydrogen) atoms. The second-order valence-corrected chi connectivity index (χ2v) is 4.69. The van der Waals surface area contributed by atoms with Crippen molar-refractivity contribution in [1.29, 1.82) is 0 Å². The predicted molar refractivity (Wildman–Crippen MR) is 72.8 cm³/mol. The number of halogens is 2. The molecule has 0 spiro atoms. The third-order valence-electron chi connectivity index (χ3n) is 3.25. The quantitative estimate of drug-likeness (QED) is 0.926. The Bertz CT molecular complexity index is 611. The van der Waals surface area contributed by atoms with Crippen LogP contribution in [0.1, 0.15) is 22.8 Å². The number of aliphatic hydroxyl groups excluding tert-OH is 1. The molecule has 0 heterocycles. The minimum absolute atomic E-state index is 0.227. The van der Waals surface area contributed by atoms with Crippen molar-refractivity contribution in [3.8, 4) is 5.75 Å². The highest BCUT2D eigenvalue weighted by molar-refractivity contribution is 5.36. The number of aryl methyl sites for hydroxylation is 1. The van der Waals surface area contributed by atoms with Crippen LogP contribution in [0.15, 0.2) is 36.4 Å². The first-order chi connectivity index (χ1) is 9.51. The molecule has 0 aromatic heterocycles. The van der Waals surface area contributed by atoms with Crippen LogP contribution in [0.2, 0.25) is 0 Å². The van der Waals surface area contributed by atoms with E-state index in [2.05, 4.69) is 0 Å². The van der Waals surface area contributed by atoms with Crippen molar-refractivity contribution in [3.63, 3.8) is 0 Å². The van der Waals surface area contributed by atoms with E-state index >= 15 is 0 Å². The summed E-state index contributed by atoms with van der Waals surface area (Å²) < 4.78 is 31.1. The molecular weight excluding hydrogens is 262 g/mol. The van der Waals surface area contributed by atoms with Crippen molar-refractivity contribution >= 4 is 0 Å². The minimum atomic E-state index is -0.902. The van der Waals surface area contributed by atoms with Crippen LogP contribution in [0, 0.1) is 18.6 Å². The van der Waals surface area contributed by atoms with Crippen LogP contribution in [0.3, 0.4) is 0 Å². The second-order valence-electron chi connectivity index (χ2n) is 4.69. The predicted octanol–water partition coefficient (Wildman–Crippen LogP) is 3.56. The molecule has 0 radical (unpaired) electrons. The third kappa shape index (κ3) is 3.14. The van der Waals surface area contributed by atoms with Crippen LogP contribution in [-0.2, 0) is 6.42 Å². The van der Waals surface area contributed by atoms with E-state index in [0.717, 1.165) is 23.3 Å². The Hall–Kier alpha value is -1.94. The van der Waals surface area contributed by atoms with Crippen molar-refractivity contribution in [2.24, 2.45) is 0 Å². The molecule has 0 bridgehead atoms. The second kappa shape index (κ2) is 6.01. The van der Waals surface area contributed by atoms with Crippen LogP contribution in [-0.4, -0.2) is 12.2 Å². The summed E-state index contributed by atoms with van der Waals surface area (Å²) in [4.78, 5) is 0. The van der Waals surface area contributed by atoms with E-state index in [1.165, 1.54) is 6.07 Å². The third-order valence-corrected chi connectivity index (χ3v) is 3.25. The largest absolute Gasteiger partial charge is 0.497 e. The van der Waals surface area contributed by atoms with Gasteiger partial charge in [-0.2, -0.15) is 0 Å².